The van der Waals surface area contributed by atoms with Crippen LogP contribution in [0.25, 0.3) is 0 Å². The monoisotopic (exact) mass is 875 g/mol. The summed E-state index contributed by atoms with van der Waals surface area (Å²) in [6, 6.07) is 0. The molecule has 0 saturated heterocycles. The Labute approximate surface area is 375 Å². The van der Waals surface area contributed by atoms with E-state index in [-0.39, 0.29) is 25.8 Å². The molecule has 0 spiro atoms. The second-order valence-electron chi connectivity index (χ2n) is 17.1. The van der Waals surface area contributed by atoms with Gasteiger partial charge in [-0.05, 0) is 83.5 Å². The molecule has 2 atom stereocenters. The minimum atomic E-state index is -4.29. The molecule has 0 heterocycles. The Morgan fingerprint density at radius 3 is 1.34 bits per heavy atom. The van der Waals surface area contributed by atoms with Gasteiger partial charge >= 0.3 is 13.8 Å². The van der Waals surface area contributed by atoms with Crippen LogP contribution in [0.3, 0.4) is 0 Å². The molecule has 0 aliphatic carbocycles. The highest BCUT2D eigenvalue weighted by atomic mass is 31.2. The van der Waals surface area contributed by atoms with Crippen molar-refractivity contribution in [1.29, 1.82) is 0 Å². The minimum absolute atomic E-state index is 0.0802. The van der Waals surface area contributed by atoms with E-state index in [0.29, 0.717) is 24.1 Å². The summed E-state index contributed by atoms with van der Waals surface area (Å²) >= 11 is 0. The molecule has 0 aromatic rings. The standard InChI is InChI=1S/C52H92NO7P/c1-6-8-10-12-14-16-18-20-22-23-24-25-26-27-28-29-30-32-34-36-38-40-42-44-47-57-49-51(50-59-61(55,56)58-48-46-53(3,4)5)60-52(54)45-43-41-39-37-35-33-31-21-19-17-15-13-11-9-7-2/h8-11,14-17,20-22,24-25,31,51H,6-7,12-13,18-19,23,26-30,32-50H2,1-5H3/p+1/b10-8-,11-9-,16-14-,17-15-,22-20-,25-24-,31-21-. The molecule has 0 bridgehead atoms. The number of allylic oxidation sites excluding steroid dienone is 14. The maximum absolute atomic E-state index is 12.7. The summed E-state index contributed by atoms with van der Waals surface area (Å²) < 4.78 is 35.1. The maximum atomic E-state index is 12.7. The fourth-order valence-corrected chi connectivity index (χ4v) is 7.01. The zero-order chi connectivity index (χ0) is 44.8. The normalized spacial score (nSPS) is 14.4. The van der Waals surface area contributed by atoms with Crippen molar-refractivity contribution in [2.75, 3.05) is 54.1 Å². The van der Waals surface area contributed by atoms with Crippen molar-refractivity contribution in [1.82, 2.24) is 0 Å². The summed E-state index contributed by atoms with van der Waals surface area (Å²) in [4.78, 5) is 22.9. The Hall–Kier alpha value is -2.32. The predicted molar refractivity (Wildman–Crippen MR) is 261 cm³/mol. The smallest absolute Gasteiger partial charge is 0.457 e. The van der Waals surface area contributed by atoms with Crippen LogP contribution in [0.2, 0.25) is 0 Å². The highest BCUT2D eigenvalue weighted by Crippen LogP contribution is 2.43. The maximum Gasteiger partial charge on any atom is 0.472 e. The van der Waals surface area contributed by atoms with Crippen molar-refractivity contribution in [2.45, 2.75) is 187 Å². The van der Waals surface area contributed by atoms with E-state index in [2.05, 4.69) is 98.9 Å². The lowest BCUT2D eigenvalue weighted by molar-refractivity contribution is -0.870. The third kappa shape index (κ3) is 48.6. The van der Waals surface area contributed by atoms with Gasteiger partial charge in [0.2, 0.25) is 0 Å². The van der Waals surface area contributed by atoms with Crippen LogP contribution in [0, 0.1) is 0 Å². The number of esters is 1. The number of nitrogens with zero attached hydrogens (tertiary/aromatic N) is 1. The van der Waals surface area contributed by atoms with Gasteiger partial charge in [-0.25, -0.2) is 4.57 Å². The summed E-state index contributed by atoms with van der Waals surface area (Å²) in [6.07, 6.45) is 59.1. The van der Waals surface area contributed by atoms with Gasteiger partial charge in [0, 0.05) is 13.0 Å². The van der Waals surface area contributed by atoms with Crippen molar-refractivity contribution < 1.29 is 37.3 Å². The number of rotatable bonds is 44. The Balaban J connectivity index is 4.16. The zero-order valence-corrected chi connectivity index (χ0v) is 40.8. The molecule has 0 amide bonds. The largest absolute Gasteiger partial charge is 0.472 e. The number of quaternary nitrogens is 1. The molecule has 0 fully saturated rings. The predicted octanol–water partition coefficient (Wildman–Crippen LogP) is 14.8. The third-order valence-electron chi connectivity index (χ3n) is 9.95. The van der Waals surface area contributed by atoms with Gasteiger partial charge in [-0.1, -0.05) is 176 Å². The molecule has 0 aromatic carbocycles. The van der Waals surface area contributed by atoms with Gasteiger partial charge in [0.15, 0.2) is 0 Å². The summed E-state index contributed by atoms with van der Waals surface area (Å²) in [5.74, 6) is -0.334. The number of ether oxygens (including phenoxy) is 2. The molecule has 9 heteroatoms. The van der Waals surface area contributed by atoms with Crippen molar-refractivity contribution in [3.05, 3.63) is 85.1 Å². The van der Waals surface area contributed by atoms with Gasteiger partial charge in [0.1, 0.15) is 19.3 Å². The van der Waals surface area contributed by atoms with Crippen molar-refractivity contribution in [3.63, 3.8) is 0 Å². The van der Waals surface area contributed by atoms with E-state index >= 15 is 0 Å². The van der Waals surface area contributed by atoms with Gasteiger partial charge in [-0.2, -0.15) is 0 Å². The minimum Gasteiger partial charge on any atom is -0.457 e. The highest BCUT2D eigenvalue weighted by Gasteiger charge is 2.26. The average molecular weight is 875 g/mol. The zero-order valence-electron chi connectivity index (χ0n) is 39.9. The number of carbonyl (C=O) groups excluding carboxylic acids is 1. The van der Waals surface area contributed by atoms with E-state index in [1.54, 1.807) is 0 Å². The van der Waals surface area contributed by atoms with E-state index in [4.69, 9.17) is 18.5 Å². The molecular formula is C52H93NO7P+. The summed E-state index contributed by atoms with van der Waals surface area (Å²) in [5, 5.41) is 0. The van der Waals surface area contributed by atoms with Crippen LogP contribution in [-0.2, 0) is 27.9 Å². The molecule has 0 aliphatic rings. The number of phosphoric acid groups is 1. The van der Waals surface area contributed by atoms with Crippen LogP contribution in [0.5, 0.6) is 0 Å². The van der Waals surface area contributed by atoms with Gasteiger partial charge in [-0.15, -0.1) is 0 Å². The van der Waals surface area contributed by atoms with Crippen LogP contribution in [0.15, 0.2) is 85.1 Å². The molecule has 61 heavy (non-hydrogen) atoms. The number of hydrogen-bond acceptors (Lipinski definition) is 6. The van der Waals surface area contributed by atoms with E-state index in [1.807, 2.05) is 21.1 Å². The molecule has 0 saturated carbocycles. The quantitative estimate of drug-likeness (QED) is 0.0214. The SMILES string of the molecule is CC/C=C\C/C=C\C/C=C\C/C=C\CCCCCCCCCCCCCOCC(COP(=O)(O)OCC[N+](C)(C)C)OC(=O)CCCCCCC/C=C\C/C=C\C/C=C\CC. The summed E-state index contributed by atoms with van der Waals surface area (Å²) in [6.45, 7) is 5.36. The molecule has 0 aromatic heterocycles. The van der Waals surface area contributed by atoms with Gasteiger partial charge in [0.05, 0.1) is 34.4 Å². The fraction of sp³-hybridized carbons (Fsp3) is 0.712. The topological polar surface area (TPSA) is 91.3 Å². The van der Waals surface area contributed by atoms with Gasteiger partial charge in [-0.3, -0.25) is 13.8 Å². The molecule has 0 rings (SSSR count). The second-order valence-corrected chi connectivity index (χ2v) is 18.5. The first-order chi connectivity index (χ1) is 29.6. The lowest BCUT2D eigenvalue weighted by Crippen LogP contribution is -2.37. The number of phosphoric ester groups is 1. The van der Waals surface area contributed by atoms with Crippen molar-refractivity contribution in [3.8, 4) is 0 Å². The lowest BCUT2D eigenvalue weighted by atomic mass is 10.1. The number of carbonyl (C=O) groups is 1. The third-order valence-corrected chi connectivity index (χ3v) is 10.9. The molecule has 352 valence electrons. The van der Waals surface area contributed by atoms with Crippen LogP contribution in [0.4, 0.5) is 0 Å². The number of likely N-dealkylation sites (N-methyl/N-ethyl adjacent to an activating group) is 1. The first-order valence-electron chi connectivity index (χ1n) is 24.3. The Bertz CT molecular complexity index is 1250. The van der Waals surface area contributed by atoms with Crippen molar-refractivity contribution >= 4 is 13.8 Å². The van der Waals surface area contributed by atoms with Crippen LogP contribution in [0.1, 0.15) is 181 Å². The number of unbranched alkanes of at least 4 members (excludes halogenated alkanes) is 16. The van der Waals surface area contributed by atoms with E-state index < -0.39 is 13.9 Å². The lowest BCUT2D eigenvalue weighted by Gasteiger charge is -2.24. The van der Waals surface area contributed by atoms with Crippen LogP contribution in [-0.4, -0.2) is 75.6 Å². The van der Waals surface area contributed by atoms with E-state index in [9.17, 15) is 14.3 Å². The molecule has 8 nitrogen and oxygen atoms in total. The Morgan fingerprint density at radius 1 is 0.508 bits per heavy atom. The van der Waals surface area contributed by atoms with Gasteiger partial charge < -0.3 is 18.9 Å². The van der Waals surface area contributed by atoms with Gasteiger partial charge in [0.25, 0.3) is 0 Å². The summed E-state index contributed by atoms with van der Waals surface area (Å²) in [7, 11) is 1.64. The first-order valence-corrected chi connectivity index (χ1v) is 25.8. The molecular weight excluding hydrogens is 782 g/mol. The fourth-order valence-electron chi connectivity index (χ4n) is 6.26. The van der Waals surface area contributed by atoms with Crippen LogP contribution >= 0.6 is 7.82 Å². The highest BCUT2D eigenvalue weighted by molar-refractivity contribution is 7.47. The summed E-state index contributed by atoms with van der Waals surface area (Å²) in [5.41, 5.74) is 0. The van der Waals surface area contributed by atoms with Crippen molar-refractivity contribution in [2.24, 2.45) is 0 Å². The molecule has 2 unspecified atom stereocenters. The molecule has 0 radical (unpaired) electrons. The number of hydrogen-bond donors (Lipinski definition) is 1. The molecule has 1 N–H and O–H groups in total. The Kier molecular flexibility index (Phi) is 42.6. The van der Waals surface area contributed by atoms with E-state index in [0.717, 1.165) is 96.3 Å². The Morgan fingerprint density at radius 2 is 0.902 bits per heavy atom. The first kappa shape index (κ1) is 58.7. The average Bonchev–Trinajstić information content (AvgIpc) is 3.22. The molecule has 0 aliphatic heterocycles. The second kappa shape index (κ2) is 44.3. The van der Waals surface area contributed by atoms with Crippen LogP contribution < -0.4 is 0 Å². The van der Waals surface area contributed by atoms with E-state index in [1.165, 1.54) is 64.2 Å².